The lowest BCUT2D eigenvalue weighted by Crippen LogP contribution is -2.45. The molecule has 2 saturated heterocycles. The van der Waals surface area contributed by atoms with Crippen molar-refractivity contribution in [3.8, 4) is 11.3 Å². The van der Waals surface area contributed by atoms with Gasteiger partial charge in [0.05, 0.1) is 31.0 Å². The number of aromatic nitrogens is 3. The first-order valence-corrected chi connectivity index (χ1v) is 9.07. The third-order valence-electron chi connectivity index (χ3n) is 5.13. The van der Waals surface area contributed by atoms with Crippen LogP contribution in [0.2, 0.25) is 0 Å². The highest BCUT2D eigenvalue weighted by molar-refractivity contribution is 5.62. The summed E-state index contributed by atoms with van der Waals surface area (Å²) in [5, 5.41) is 3.50. The summed E-state index contributed by atoms with van der Waals surface area (Å²) >= 11 is 0. The molecule has 2 aliphatic heterocycles. The van der Waals surface area contributed by atoms with Gasteiger partial charge in [0.2, 0.25) is 5.95 Å². The molecule has 0 spiro atoms. The van der Waals surface area contributed by atoms with Gasteiger partial charge < -0.3 is 10.1 Å². The van der Waals surface area contributed by atoms with Gasteiger partial charge in [0.15, 0.2) is 0 Å². The van der Waals surface area contributed by atoms with Crippen molar-refractivity contribution in [3.05, 3.63) is 35.8 Å². The van der Waals surface area contributed by atoms with E-state index in [9.17, 15) is 0 Å². The quantitative estimate of drug-likeness (QED) is 0.923. The zero-order valence-corrected chi connectivity index (χ0v) is 14.9. The number of nitrogens with zero attached hydrogens (tertiary/aromatic N) is 4. The molecular formula is C19H25N5O. The Balaban J connectivity index is 1.53. The number of rotatable bonds is 4. The Kier molecular flexibility index (Phi) is 4.63. The molecule has 0 aromatic carbocycles. The standard InChI is InChI=1S/C19H25N5O/c1-13-5-6-15(14(2)21-13)16-7-8-20-19(22-16)23-17-11-25-12-18(17)24-9-3-4-10-24/h5-8,17-18H,3-4,9-12H2,1-2H3,(H,20,22,23)/t17-,18-/m1/s1. The summed E-state index contributed by atoms with van der Waals surface area (Å²) in [6.45, 7) is 7.86. The molecule has 4 rings (SSSR count). The Hall–Kier alpha value is -2.05. The lowest BCUT2D eigenvalue weighted by Gasteiger charge is -2.27. The third kappa shape index (κ3) is 3.50. The SMILES string of the molecule is Cc1ccc(-c2ccnc(N[C@@H]3COC[C@H]3N3CCCC3)n2)c(C)n1. The van der Waals surface area contributed by atoms with Crippen molar-refractivity contribution in [2.45, 2.75) is 38.8 Å². The van der Waals surface area contributed by atoms with Crippen LogP contribution >= 0.6 is 0 Å². The topological polar surface area (TPSA) is 63.2 Å². The second-order valence-corrected chi connectivity index (χ2v) is 6.95. The van der Waals surface area contributed by atoms with Gasteiger partial charge in [-0.2, -0.15) is 0 Å². The lowest BCUT2D eigenvalue weighted by molar-refractivity contribution is 0.159. The number of anilines is 1. The van der Waals surface area contributed by atoms with Crippen LogP contribution in [0.15, 0.2) is 24.4 Å². The smallest absolute Gasteiger partial charge is 0.223 e. The molecular weight excluding hydrogens is 314 g/mol. The minimum absolute atomic E-state index is 0.241. The van der Waals surface area contributed by atoms with E-state index in [1.165, 1.54) is 25.9 Å². The maximum absolute atomic E-state index is 5.73. The van der Waals surface area contributed by atoms with Crippen molar-refractivity contribution in [2.24, 2.45) is 0 Å². The van der Waals surface area contributed by atoms with E-state index in [1.54, 1.807) is 0 Å². The van der Waals surface area contributed by atoms with Crippen molar-refractivity contribution in [2.75, 3.05) is 31.6 Å². The lowest BCUT2D eigenvalue weighted by atomic mass is 10.1. The predicted molar refractivity (Wildman–Crippen MR) is 97.6 cm³/mol. The van der Waals surface area contributed by atoms with Crippen LogP contribution < -0.4 is 5.32 Å². The molecule has 0 aliphatic carbocycles. The van der Waals surface area contributed by atoms with Gasteiger partial charge in [0.25, 0.3) is 0 Å². The van der Waals surface area contributed by atoms with Gasteiger partial charge in [0, 0.05) is 23.1 Å². The number of ether oxygens (including phenoxy) is 1. The Labute approximate surface area is 148 Å². The molecule has 0 amide bonds. The third-order valence-corrected chi connectivity index (χ3v) is 5.13. The second-order valence-electron chi connectivity index (χ2n) is 6.95. The van der Waals surface area contributed by atoms with Gasteiger partial charge >= 0.3 is 0 Å². The highest BCUT2D eigenvalue weighted by Gasteiger charge is 2.34. The summed E-state index contributed by atoms with van der Waals surface area (Å²) in [4.78, 5) is 16.2. The fraction of sp³-hybridized carbons (Fsp3) is 0.526. The van der Waals surface area contributed by atoms with E-state index in [-0.39, 0.29) is 6.04 Å². The Morgan fingerprint density at radius 3 is 2.72 bits per heavy atom. The molecule has 2 aromatic rings. The van der Waals surface area contributed by atoms with Gasteiger partial charge in [-0.05, 0) is 58.0 Å². The Bertz CT molecular complexity index is 744. The fourth-order valence-corrected chi connectivity index (χ4v) is 3.82. The molecule has 25 heavy (non-hydrogen) atoms. The first-order valence-electron chi connectivity index (χ1n) is 9.07. The summed E-state index contributed by atoms with van der Waals surface area (Å²) in [7, 11) is 0. The average molecular weight is 339 g/mol. The van der Waals surface area contributed by atoms with Gasteiger partial charge in [-0.3, -0.25) is 9.88 Å². The molecule has 1 N–H and O–H groups in total. The molecule has 0 unspecified atom stereocenters. The van der Waals surface area contributed by atoms with Crippen molar-refractivity contribution in [3.63, 3.8) is 0 Å². The largest absolute Gasteiger partial charge is 0.378 e. The van der Waals surface area contributed by atoms with Crippen LogP contribution in [0.3, 0.4) is 0 Å². The predicted octanol–water partition coefficient (Wildman–Crippen LogP) is 2.43. The van der Waals surface area contributed by atoms with Gasteiger partial charge in [-0.1, -0.05) is 0 Å². The number of nitrogens with one attached hydrogen (secondary N) is 1. The van der Waals surface area contributed by atoms with Gasteiger partial charge in [-0.15, -0.1) is 0 Å². The maximum atomic E-state index is 5.73. The summed E-state index contributed by atoms with van der Waals surface area (Å²) in [5.74, 6) is 0.664. The van der Waals surface area contributed by atoms with E-state index in [1.807, 2.05) is 32.2 Å². The number of aryl methyl sites for hydroxylation is 2. The van der Waals surface area contributed by atoms with E-state index in [4.69, 9.17) is 9.72 Å². The van der Waals surface area contributed by atoms with E-state index in [0.717, 1.165) is 29.3 Å². The van der Waals surface area contributed by atoms with Crippen LogP contribution in [0.4, 0.5) is 5.95 Å². The maximum Gasteiger partial charge on any atom is 0.223 e. The van der Waals surface area contributed by atoms with Crippen molar-refractivity contribution in [1.82, 2.24) is 19.9 Å². The normalized spacial score (nSPS) is 23.9. The highest BCUT2D eigenvalue weighted by Crippen LogP contribution is 2.23. The molecule has 0 saturated carbocycles. The molecule has 0 radical (unpaired) electrons. The van der Waals surface area contributed by atoms with Crippen LogP contribution in [0.25, 0.3) is 11.3 Å². The number of likely N-dealkylation sites (tertiary alicyclic amines) is 1. The molecule has 6 heteroatoms. The Morgan fingerprint density at radius 1 is 1.08 bits per heavy atom. The van der Waals surface area contributed by atoms with Crippen LogP contribution in [0.1, 0.15) is 24.2 Å². The van der Waals surface area contributed by atoms with Crippen molar-refractivity contribution in [1.29, 1.82) is 0 Å². The van der Waals surface area contributed by atoms with E-state index >= 15 is 0 Å². The molecule has 2 aliphatic rings. The first-order chi connectivity index (χ1) is 12.2. The number of hydrogen-bond donors (Lipinski definition) is 1. The van der Waals surface area contributed by atoms with Crippen LogP contribution in [-0.4, -0.2) is 58.2 Å². The van der Waals surface area contributed by atoms with Crippen LogP contribution in [0.5, 0.6) is 0 Å². The van der Waals surface area contributed by atoms with Crippen LogP contribution in [-0.2, 0) is 4.74 Å². The van der Waals surface area contributed by atoms with Gasteiger partial charge in [0.1, 0.15) is 0 Å². The summed E-state index contributed by atoms with van der Waals surface area (Å²) in [6, 6.07) is 6.69. The molecule has 0 bridgehead atoms. The Morgan fingerprint density at radius 2 is 1.92 bits per heavy atom. The fourth-order valence-electron chi connectivity index (χ4n) is 3.82. The first kappa shape index (κ1) is 16.4. The zero-order valence-electron chi connectivity index (χ0n) is 14.9. The second kappa shape index (κ2) is 7.06. The molecule has 2 atom stereocenters. The molecule has 2 fully saturated rings. The summed E-state index contributed by atoms with van der Waals surface area (Å²) in [6.07, 6.45) is 4.38. The summed E-state index contributed by atoms with van der Waals surface area (Å²) in [5.41, 5.74) is 3.96. The van der Waals surface area contributed by atoms with Crippen molar-refractivity contribution < 1.29 is 4.74 Å². The monoisotopic (exact) mass is 339 g/mol. The highest BCUT2D eigenvalue weighted by atomic mass is 16.5. The zero-order chi connectivity index (χ0) is 17.2. The van der Waals surface area contributed by atoms with Gasteiger partial charge in [-0.25, -0.2) is 9.97 Å². The van der Waals surface area contributed by atoms with Crippen molar-refractivity contribution >= 4 is 5.95 Å². The number of hydrogen-bond acceptors (Lipinski definition) is 6. The molecule has 2 aromatic heterocycles. The minimum Gasteiger partial charge on any atom is -0.378 e. The summed E-state index contributed by atoms with van der Waals surface area (Å²) < 4.78 is 5.73. The minimum atomic E-state index is 0.241. The molecule has 4 heterocycles. The molecule has 132 valence electrons. The van der Waals surface area contributed by atoms with E-state index in [2.05, 4.69) is 26.3 Å². The van der Waals surface area contributed by atoms with E-state index in [0.29, 0.717) is 18.6 Å². The average Bonchev–Trinajstić information content (AvgIpc) is 3.26. The number of pyridine rings is 1. The van der Waals surface area contributed by atoms with Crippen LogP contribution in [0, 0.1) is 13.8 Å². The molecule has 6 nitrogen and oxygen atoms in total. The van der Waals surface area contributed by atoms with E-state index < -0.39 is 0 Å².